The first kappa shape index (κ1) is 22.3. The fourth-order valence-electron chi connectivity index (χ4n) is 2.43. The number of Topliss-reactive ketones (excluding diaryl/α,β-unsaturated/α-hetero) is 1. The first-order chi connectivity index (χ1) is 13.7. The minimum atomic E-state index is -0.652. The summed E-state index contributed by atoms with van der Waals surface area (Å²) in [5.74, 6) is -1.63. The number of rotatable bonds is 8. The van der Waals surface area contributed by atoms with E-state index in [9.17, 15) is 19.2 Å². The fourth-order valence-corrected chi connectivity index (χ4v) is 2.90. The van der Waals surface area contributed by atoms with Crippen molar-refractivity contribution in [3.63, 3.8) is 0 Å². The number of halogens is 1. The van der Waals surface area contributed by atoms with Gasteiger partial charge in [0.25, 0.3) is 5.91 Å². The van der Waals surface area contributed by atoms with Gasteiger partial charge in [-0.05, 0) is 49.7 Å². The molecule has 0 saturated heterocycles. The van der Waals surface area contributed by atoms with Crippen LogP contribution in [0.5, 0.6) is 0 Å². The van der Waals surface area contributed by atoms with Gasteiger partial charge in [-0.1, -0.05) is 28.1 Å². The molecule has 0 heterocycles. The Morgan fingerprint density at radius 2 is 1.72 bits per heavy atom. The number of ketones is 1. The number of amides is 2. The quantitative estimate of drug-likeness (QED) is 0.459. The van der Waals surface area contributed by atoms with Gasteiger partial charge in [-0.3, -0.25) is 19.2 Å². The maximum atomic E-state index is 12.0. The molecule has 2 amide bonds. The maximum Gasteiger partial charge on any atom is 0.306 e. The van der Waals surface area contributed by atoms with Gasteiger partial charge in [-0.25, -0.2) is 0 Å². The molecule has 8 heteroatoms. The second-order valence-corrected chi connectivity index (χ2v) is 7.27. The molecule has 0 spiro atoms. The summed E-state index contributed by atoms with van der Waals surface area (Å²) >= 11 is 3.35. The Labute approximate surface area is 176 Å². The molecule has 0 radical (unpaired) electrons. The number of esters is 1. The molecule has 7 nitrogen and oxygen atoms in total. The van der Waals surface area contributed by atoms with Crippen molar-refractivity contribution >= 4 is 50.9 Å². The van der Waals surface area contributed by atoms with Gasteiger partial charge < -0.3 is 15.4 Å². The maximum absolute atomic E-state index is 12.0. The van der Waals surface area contributed by atoms with Crippen LogP contribution in [0.3, 0.4) is 0 Å². The molecule has 0 fully saturated rings. The number of benzene rings is 2. The highest BCUT2D eigenvalue weighted by molar-refractivity contribution is 9.10. The molecule has 0 aliphatic carbocycles. The molecule has 0 aromatic heterocycles. The van der Waals surface area contributed by atoms with Crippen LogP contribution >= 0.6 is 15.9 Å². The third kappa shape index (κ3) is 7.50. The molecule has 29 heavy (non-hydrogen) atoms. The van der Waals surface area contributed by atoms with Gasteiger partial charge in [-0.2, -0.15) is 0 Å². The Balaban J connectivity index is 1.73. The van der Waals surface area contributed by atoms with Crippen molar-refractivity contribution in [3.05, 3.63) is 58.1 Å². The minimum Gasteiger partial charge on any atom is -0.456 e. The first-order valence-electron chi connectivity index (χ1n) is 8.87. The molecule has 2 aromatic rings. The number of ether oxygens (including phenoxy) is 1. The van der Waals surface area contributed by atoms with Crippen molar-refractivity contribution in [3.8, 4) is 0 Å². The summed E-state index contributed by atoms with van der Waals surface area (Å²) in [5.41, 5.74) is 2.45. The molecule has 0 bridgehead atoms. The largest absolute Gasteiger partial charge is 0.456 e. The Bertz CT molecular complexity index is 942. The Morgan fingerprint density at radius 3 is 2.41 bits per heavy atom. The van der Waals surface area contributed by atoms with Gasteiger partial charge in [0.2, 0.25) is 5.91 Å². The third-order valence-corrected chi connectivity index (χ3v) is 4.43. The Morgan fingerprint density at radius 1 is 0.966 bits per heavy atom. The number of nitrogens with one attached hydrogen (secondary N) is 2. The van der Waals surface area contributed by atoms with E-state index in [4.69, 9.17) is 4.74 Å². The summed E-state index contributed by atoms with van der Waals surface area (Å²) in [6.45, 7) is 2.81. The molecular weight excluding hydrogens is 440 g/mol. The van der Waals surface area contributed by atoms with E-state index in [2.05, 4.69) is 26.6 Å². The predicted octanol–water partition coefficient (Wildman–Crippen LogP) is 3.86. The molecule has 2 aromatic carbocycles. The summed E-state index contributed by atoms with van der Waals surface area (Å²) in [6.07, 6.45) is -0.203. The second kappa shape index (κ2) is 10.5. The van der Waals surface area contributed by atoms with Crippen LogP contribution in [-0.4, -0.2) is 30.2 Å². The monoisotopic (exact) mass is 460 g/mol. The van der Waals surface area contributed by atoms with Gasteiger partial charge in [0.1, 0.15) is 0 Å². The average Bonchev–Trinajstić information content (AvgIpc) is 2.67. The summed E-state index contributed by atoms with van der Waals surface area (Å²) in [7, 11) is 0. The van der Waals surface area contributed by atoms with Gasteiger partial charge in [0.05, 0.1) is 6.42 Å². The normalized spacial score (nSPS) is 10.2. The van der Waals surface area contributed by atoms with Crippen LogP contribution in [0, 0.1) is 6.92 Å². The molecule has 152 valence electrons. The summed E-state index contributed by atoms with van der Waals surface area (Å²) < 4.78 is 5.80. The zero-order valence-electron chi connectivity index (χ0n) is 16.1. The van der Waals surface area contributed by atoms with Crippen molar-refractivity contribution in [1.29, 1.82) is 0 Å². The Hall–Kier alpha value is -3.00. The second-order valence-electron chi connectivity index (χ2n) is 6.35. The van der Waals surface area contributed by atoms with E-state index in [0.717, 1.165) is 10.0 Å². The molecule has 0 aliphatic rings. The molecule has 0 aliphatic heterocycles. The number of carbonyl (C=O) groups is 4. The van der Waals surface area contributed by atoms with E-state index in [1.165, 1.54) is 13.0 Å². The zero-order chi connectivity index (χ0) is 21.4. The number of anilines is 2. The number of carbonyl (C=O) groups excluding carboxylic acids is 4. The smallest absolute Gasteiger partial charge is 0.306 e. The Kier molecular flexibility index (Phi) is 8.09. The molecular formula is C21H21BrN2O5. The SMILES string of the molecule is CC(=O)c1cccc(NC(=O)COC(=O)CCC(=O)Nc2ccc(Br)cc2C)c1. The highest BCUT2D eigenvalue weighted by atomic mass is 79.9. The highest BCUT2D eigenvalue weighted by Crippen LogP contribution is 2.20. The van der Waals surface area contributed by atoms with Crippen LogP contribution in [0.4, 0.5) is 11.4 Å². The standard InChI is InChI=1S/C21H21BrN2O5/c1-13-10-16(22)6-7-18(13)24-19(26)8-9-21(28)29-12-20(27)23-17-5-3-4-15(11-17)14(2)25/h3-7,10-11H,8-9,12H2,1-2H3,(H,23,27)(H,24,26). The van der Waals surface area contributed by atoms with Gasteiger partial charge in [0.15, 0.2) is 12.4 Å². The topological polar surface area (TPSA) is 102 Å². The van der Waals surface area contributed by atoms with E-state index in [-0.39, 0.29) is 24.5 Å². The minimum absolute atomic E-state index is 0.0589. The van der Waals surface area contributed by atoms with Crippen LogP contribution in [0.2, 0.25) is 0 Å². The van der Waals surface area contributed by atoms with Crippen LogP contribution in [-0.2, 0) is 19.1 Å². The lowest BCUT2D eigenvalue weighted by molar-refractivity contribution is -0.147. The lowest BCUT2D eigenvalue weighted by Crippen LogP contribution is -2.22. The van der Waals surface area contributed by atoms with Crippen molar-refractivity contribution in [2.24, 2.45) is 0 Å². The first-order valence-corrected chi connectivity index (χ1v) is 9.66. The lowest BCUT2D eigenvalue weighted by atomic mass is 10.1. The number of hydrogen-bond acceptors (Lipinski definition) is 5. The summed E-state index contributed by atoms with van der Waals surface area (Å²) in [6, 6.07) is 11.9. The highest BCUT2D eigenvalue weighted by Gasteiger charge is 2.12. The van der Waals surface area contributed by atoms with E-state index in [1.807, 2.05) is 19.1 Å². The van der Waals surface area contributed by atoms with E-state index in [0.29, 0.717) is 16.9 Å². The summed E-state index contributed by atoms with van der Waals surface area (Å²) in [4.78, 5) is 47.0. The number of hydrogen-bond donors (Lipinski definition) is 2. The van der Waals surface area contributed by atoms with Gasteiger partial charge >= 0.3 is 5.97 Å². The van der Waals surface area contributed by atoms with E-state index < -0.39 is 18.5 Å². The van der Waals surface area contributed by atoms with Crippen molar-refractivity contribution in [2.45, 2.75) is 26.7 Å². The van der Waals surface area contributed by atoms with E-state index in [1.54, 1.807) is 24.3 Å². The molecule has 2 rings (SSSR count). The van der Waals surface area contributed by atoms with Crippen molar-refractivity contribution in [2.75, 3.05) is 17.2 Å². The van der Waals surface area contributed by atoms with Crippen LogP contribution in [0.1, 0.15) is 35.7 Å². The van der Waals surface area contributed by atoms with Crippen LogP contribution < -0.4 is 10.6 Å². The molecule has 0 unspecified atom stereocenters. The van der Waals surface area contributed by atoms with Crippen molar-refractivity contribution in [1.82, 2.24) is 0 Å². The zero-order valence-corrected chi connectivity index (χ0v) is 17.7. The summed E-state index contributed by atoms with van der Waals surface area (Å²) in [5, 5.41) is 5.28. The fraction of sp³-hybridized carbons (Fsp3) is 0.238. The van der Waals surface area contributed by atoms with Gasteiger partial charge in [0, 0.05) is 27.8 Å². The molecule has 0 atom stereocenters. The lowest BCUT2D eigenvalue weighted by Gasteiger charge is -2.09. The van der Waals surface area contributed by atoms with E-state index >= 15 is 0 Å². The van der Waals surface area contributed by atoms with Crippen molar-refractivity contribution < 1.29 is 23.9 Å². The number of aryl methyl sites for hydroxylation is 1. The molecule has 0 saturated carbocycles. The van der Waals surface area contributed by atoms with Crippen LogP contribution in [0.25, 0.3) is 0 Å². The third-order valence-electron chi connectivity index (χ3n) is 3.94. The van der Waals surface area contributed by atoms with Gasteiger partial charge in [-0.15, -0.1) is 0 Å². The molecule has 2 N–H and O–H groups in total. The predicted molar refractivity (Wildman–Crippen MR) is 113 cm³/mol. The van der Waals surface area contributed by atoms with Crippen LogP contribution in [0.15, 0.2) is 46.9 Å². The average molecular weight is 461 g/mol.